The van der Waals surface area contributed by atoms with Gasteiger partial charge in [0.15, 0.2) is 6.79 Å². The molecule has 1 spiro atoms. The number of benzene rings is 1. The molecule has 1 aromatic carbocycles. The Labute approximate surface area is 226 Å². The van der Waals surface area contributed by atoms with Gasteiger partial charge in [-0.2, -0.15) is 26.3 Å². The van der Waals surface area contributed by atoms with Crippen molar-refractivity contribution in [1.82, 2.24) is 10.2 Å². The number of hydrogen-bond acceptors (Lipinski definition) is 8. The van der Waals surface area contributed by atoms with Gasteiger partial charge in [0.25, 0.3) is 0 Å². The summed E-state index contributed by atoms with van der Waals surface area (Å²) >= 11 is 0. The highest BCUT2D eigenvalue weighted by Crippen LogP contribution is 2.58. The first-order chi connectivity index (χ1) is 18.7. The van der Waals surface area contributed by atoms with Crippen LogP contribution in [0, 0.1) is 5.92 Å². The monoisotopic (exact) mass is 583 g/mol. The lowest BCUT2D eigenvalue weighted by Crippen LogP contribution is -2.60. The predicted molar refractivity (Wildman–Crippen MR) is 125 cm³/mol. The van der Waals surface area contributed by atoms with Gasteiger partial charge in [-0.15, -0.1) is 0 Å². The quantitative estimate of drug-likeness (QED) is 0.184. The summed E-state index contributed by atoms with van der Waals surface area (Å²) in [6, 6.07) is 1.40. The summed E-state index contributed by atoms with van der Waals surface area (Å²) in [6.45, 7) is 1.42. The van der Waals surface area contributed by atoms with E-state index in [4.69, 9.17) is 24.7 Å². The molecule has 3 N–H and O–H groups in total. The SMILES string of the molecule is C[C@@H](OC[C@@]12CC1C[C@]1(CCC(=O)N1)CN2COCOC(=O)OCCN)c1cc(C(F)(F)F)cc(C(F)(F)F)c1. The zero-order chi connectivity index (χ0) is 29.3. The summed E-state index contributed by atoms with van der Waals surface area (Å²) in [5.41, 5.74) is 1.09. The predicted octanol–water partition coefficient (Wildman–Crippen LogP) is 3.96. The first-order valence-electron chi connectivity index (χ1n) is 12.7. The normalized spacial score (nSPS) is 27.3. The first kappa shape index (κ1) is 30.3. The van der Waals surface area contributed by atoms with Crippen LogP contribution in [-0.4, -0.2) is 67.9 Å². The molecule has 3 aliphatic rings. The number of amides is 1. The maximum Gasteiger partial charge on any atom is 0.510 e. The molecule has 1 unspecified atom stereocenters. The van der Waals surface area contributed by atoms with Crippen LogP contribution < -0.4 is 11.1 Å². The van der Waals surface area contributed by atoms with Crippen molar-refractivity contribution < 1.29 is 54.9 Å². The minimum absolute atomic E-state index is 0.00319. The lowest BCUT2D eigenvalue weighted by molar-refractivity contribution is -0.143. The van der Waals surface area contributed by atoms with Crippen LogP contribution in [-0.2, 0) is 36.1 Å². The number of carbonyl (C=O) groups is 2. The van der Waals surface area contributed by atoms with Gasteiger partial charge in [-0.25, -0.2) is 4.79 Å². The number of nitrogens with zero attached hydrogens (tertiary/aromatic N) is 1. The number of hydrogen-bond donors (Lipinski definition) is 2. The molecule has 1 saturated carbocycles. The fourth-order valence-electron chi connectivity index (χ4n) is 5.56. The molecule has 15 heteroatoms. The van der Waals surface area contributed by atoms with Crippen LogP contribution in [0.2, 0.25) is 0 Å². The van der Waals surface area contributed by atoms with Gasteiger partial charge in [-0.3, -0.25) is 9.69 Å². The number of nitrogens with one attached hydrogen (secondary N) is 1. The van der Waals surface area contributed by atoms with Crippen molar-refractivity contribution in [2.75, 3.05) is 39.8 Å². The Morgan fingerprint density at radius 3 is 2.38 bits per heavy atom. The molecule has 1 aromatic rings. The number of carbonyl (C=O) groups excluding carboxylic acids is 2. The highest BCUT2D eigenvalue weighted by atomic mass is 19.4. The van der Waals surface area contributed by atoms with Gasteiger partial charge in [-0.1, -0.05) is 0 Å². The van der Waals surface area contributed by atoms with E-state index in [9.17, 15) is 35.9 Å². The average Bonchev–Trinajstić information content (AvgIpc) is 3.48. The van der Waals surface area contributed by atoms with Crippen molar-refractivity contribution in [3.8, 4) is 0 Å². The molecular formula is C25H31F6N3O6. The van der Waals surface area contributed by atoms with Crippen molar-refractivity contribution in [2.24, 2.45) is 11.7 Å². The molecule has 0 aromatic heterocycles. The summed E-state index contributed by atoms with van der Waals surface area (Å²) in [5, 5.41) is 3.03. The van der Waals surface area contributed by atoms with E-state index in [-0.39, 0.29) is 49.9 Å². The maximum atomic E-state index is 13.3. The van der Waals surface area contributed by atoms with Crippen molar-refractivity contribution in [1.29, 1.82) is 0 Å². The second kappa shape index (κ2) is 11.3. The van der Waals surface area contributed by atoms with Crippen LogP contribution in [0.3, 0.4) is 0 Å². The van der Waals surface area contributed by atoms with Gasteiger partial charge >= 0.3 is 18.5 Å². The number of rotatable bonds is 10. The third-order valence-electron chi connectivity index (χ3n) is 7.70. The zero-order valence-corrected chi connectivity index (χ0v) is 21.7. The Morgan fingerprint density at radius 2 is 1.80 bits per heavy atom. The zero-order valence-electron chi connectivity index (χ0n) is 21.7. The second-order valence-corrected chi connectivity index (χ2v) is 10.5. The molecule has 4 atom stereocenters. The van der Waals surface area contributed by atoms with Crippen LogP contribution in [0.25, 0.3) is 0 Å². The van der Waals surface area contributed by atoms with Crippen molar-refractivity contribution in [3.05, 3.63) is 34.9 Å². The summed E-state index contributed by atoms with van der Waals surface area (Å²) in [5.74, 6) is -0.0342. The Hall–Kier alpha value is -2.62. The second-order valence-electron chi connectivity index (χ2n) is 10.5. The van der Waals surface area contributed by atoms with Crippen LogP contribution in [0.15, 0.2) is 18.2 Å². The summed E-state index contributed by atoms with van der Waals surface area (Å²) in [6.07, 6.45) is -9.72. The smallest absolute Gasteiger partial charge is 0.433 e. The lowest BCUT2D eigenvalue weighted by atomic mass is 9.84. The van der Waals surface area contributed by atoms with Crippen molar-refractivity contribution in [3.63, 3.8) is 0 Å². The molecule has 224 valence electrons. The number of halogens is 6. The van der Waals surface area contributed by atoms with Gasteiger partial charge in [0.1, 0.15) is 13.3 Å². The molecule has 40 heavy (non-hydrogen) atoms. The maximum absolute atomic E-state index is 13.3. The third kappa shape index (κ3) is 6.81. The van der Waals surface area contributed by atoms with E-state index in [1.54, 1.807) is 0 Å². The van der Waals surface area contributed by atoms with Crippen LogP contribution in [0.4, 0.5) is 31.1 Å². The van der Waals surface area contributed by atoms with Crippen molar-refractivity contribution >= 4 is 12.1 Å². The molecular weight excluding hydrogens is 552 g/mol. The van der Waals surface area contributed by atoms with E-state index in [0.29, 0.717) is 44.4 Å². The molecule has 1 amide bonds. The first-order valence-corrected chi connectivity index (χ1v) is 12.7. The van der Waals surface area contributed by atoms with E-state index in [1.165, 1.54) is 6.92 Å². The summed E-state index contributed by atoms with van der Waals surface area (Å²) in [4.78, 5) is 25.4. The van der Waals surface area contributed by atoms with Crippen molar-refractivity contribution in [2.45, 2.75) is 62.1 Å². The number of piperidine rings is 1. The Kier molecular flexibility index (Phi) is 8.60. The minimum Gasteiger partial charge on any atom is -0.433 e. The number of fused-ring (bicyclic) bond motifs is 1. The number of likely N-dealkylation sites (tertiary alicyclic amines) is 1. The number of alkyl halides is 6. The summed E-state index contributed by atoms with van der Waals surface area (Å²) in [7, 11) is 0. The average molecular weight is 584 g/mol. The lowest BCUT2D eigenvalue weighted by Gasteiger charge is -2.45. The standard InChI is InChI=1S/C25H31F6N3O6/c1-15(16-6-17(24(26,27)28)8-18(7-16)25(29,30)31)39-12-23-10-19(23)9-22(3-2-20(35)33-22)11-34(23)13-37-14-40-21(36)38-5-4-32/h6-8,15,19H,2-5,9-14,32H2,1H3,(H,33,35)/t15-,19?,22-,23+/m1/s1. The molecule has 2 saturated heterocycles. The summed E-state index contributed by atoms with van der Waals surface area (Å²) < 4.78 is 101. The highest BCUT2D eigenvalue weighted by molar-refractivity contribution is 5.79. The number of nitrogens with two attached hydrogens (primary N) is 1. The van der Waals surface area contributed by atoms with Crippen LogP contribution in [0.1, 0.15) is 55.4 Å². The van der Waals surface area contributed by atoms with Gasteiger partial charge in [0.05, 0.1) is 29.4 Å². The van der Waals surface area contributed by atoms with E-state index >= 15 is 0 Å². The highest BCUT2D eigenvalue weighted by Gasteiger charge is 2.65. The van der Waals surface area contributed by atoms with E-state index in [1.807, 2.05) is 4.90 Å². The molecule has 0 bridgehead atoms. The third-order valence-corrected chi connectivity index (χ3v) is 7.70. The Balaban J connectivity index is 1.45. The largest absolute Gasteiger partial charge is 0.510 e. The van der Waals surface area contributed by atoms with Gasteiger partial charge in [0.2, 0.25) is 5.91 Å². The van der Waals surface area contributed by atoms with Gasteiger partial charge < -0.3 is 30.0 Å². The van der Waals surface area contributed by atoms with Crippen LogP contribution in [0.5, 0.6) is 0 Å². The minimum atomic E-state index is -4.97. The fraction of sp³-hybridized carbons (Fsp3) is 0.680. The fourth-order valence-corrected chi connectivity index (χ4v) is 5.56. The molecule has 0 radical (unpaired) electrons. The molecule has 2 heterocycles. The van der Waals surface area contributed by atoms with Gasteiger partial charge in [0, 0.05) is 25.0 Å². The Morgan fingerprint density at radius 1 is 1.12 bits per heavy atom. The van der Waals surface area contributed by atoms with Crippen LogP contribution >= 0.6 is 0 Å². The Bertz CT molecular complexity index is 1070. The molecule has 2 aliphatic heterocycles. The van der Waals surface area contributed by atoms with Gasteiger partial charge in [-0.05, 0) is 55.9 Å². The number of ether oxygens (including phenoxy) is 4. The molecule has 9 nitrogen and oxygen atoms in total. The van der Waals surface area contributed by atoms with E-state index in [0.717, 1.165) is 0 Å². The van der Waals surface area contributed by atoms with E-state index in [2.05, 4.69) is 5.32 Å². The molecule has 3 fully saturated rings. The topological polar surface area (TPSA) is 112 Å². The molecule has 4 rings (SSSR count). The molecule has 1 aliphatic carbocycles. The van der Waals surface area contributed by atoms with E-state index < -0.39 is 53.6 Å².